The molecule has 0 atom stereocenters. The highest BCUT2D eigenvalue weighted by atomic mass is 79.9. The summed E-state index contributed by atoms with van der Waals surface area (Å²) >= 11 is 3.46. The number of aromatic nitrogens is 2. The molecule has 1 aliphatic rings. The van der Waals surface area contributed by atoms with Gasteiger partial charge in [0.15, 0.2) is 5.88 Å². The lowest BCUT2D eigenvalue weighted by Crippen LogP contribution is -2.27. The SMILES string of the molecule is Oc1cccc2c(Br)nc(C3CCNCC3)n12. The van der Waals surface area contributed by atoms with E-state index >= 15 is 0 Å². The Hall–Kier alpha value is -1.07. The maximum Gasteiger partial charge on any atom is 0.197 e. The molecule has 0 radical (unpaired) electrons. The molecular formula is C12H14BrN3O. The van der Waals surface area contributed by atoms with Gasteiger partial charge in [-0.05, 0) is 54.0 Å². The van der Waals surface area contributed by atoms with E-state index in [9.17, 15) is 5.11 Å². The van der Waals surface area contributed by atoms with E-state index in [1.807, 2.05) is 16.5 Å². The summed E-state index contributed by atoms with van der Waals surface area (Å²) in [6.45, 7) is 2.04. The monoisotopic (exact) mass is 295 g/mol. The molecule has 90 valence electrons. The molecule has 17 heavy (non-hydrogen) atoms. The zero-order valence-electron chi connectivity index (χ0n) is 9.36. The molecule has 0 unspecified atom stereocenters. The second-order valence-corrected chi connectivity index (χ2v) is 5.14. The number of hydrogen-bond acceptors (Lipinski definition) is 3. The van der Waals surface area contributed by atoms with E-state index in [4.69, 9.17) is 0 Å². The molecule has 5 heteroatoms. The number of aromatic hydroxyl groups is 1. The molecule has 1 aliphatic heterocycles. The van der Waals surface area contributed by atoms with Crippen molar-refractivity contribution in [3.63, 3.8) is 0 Å². The highest BCUT2D eigenvalue weighted by molar-refractivity contribution is 9.10. The largest absolute Gasteiger partial charge is 0.494 e. The lowest BCUT2D eigenvalue weighted by Gasteiger charge is -2.21. The average Bonchev–Trinajstić information content (AvgIpc) is 2.70. The van der Waals surface area contributed by atoms with Crippen molar-refractivity contribution in [1.29, 1.82) is 0 Å². The molecule has 2 aromatic rings. The van der Waals surface area contributed by atoms with Crippen LogP contribution in [0.4, 0.5) is 0 Å². The predicted molar refractivity (Wildman–Crippen MR) is 69.4 cm³/mol. The number of fused-ring (bicyclic) bond motifs is 1. The standard InChI is InChI=1S/C12H14BrN3O/c13-11-9-2-1-3-10(17)16(9)12(15-11)8-4-6-14-7-5-8/h1-3,8,14,17H,4-7H2. The van der Waals surface area contributed by atoms with Gasteiger partial charge in [0.2, 0.25) is 0 Å². The first-order chi connectivity index (χ1) is 8.27. The summed E-state index contributed by atoms with van der Waals surface area (Å²) in [7, 11) is 0. The van der Waals surface area contributed by atoms with Crippen LogP contribution in [0.2, 0.25) is 0 Å². The summed E-state index contributed by atoms with van der Waals surface area (Å²) in [5.74, 6) is 1.64. The summed E-state index contributed by atoms with van der Waals surface area (Å²) in [6.07, 6.45) is 2.14. The molecule has 2 N–H and O–H groups in total. The van der Waals surface area contributed by atoms with Crippen LogP contribution in [-0.2, 0) is 0 Å². The molecule has 3 rings (SSSR count). The summed E-state index contributed by atoms with van der Waals surface area (Å²) < 4.78 is 2.65. The Morgan fingerprint density at radius 2 is 2.12 bits per heavy atom. The minimum absolute atomic E-state index is 0.259. The van der Waals surface area contributed by atoms with E-state index in [0.717, 1.165) is 41.9 Å². The fraction of sp³-hybridized carbons (Fsp3) is 0.417. The Kier molecular flexibility index (Phi) is 2.80. The zero-order valence-corrected chi connectivity index (χ0v) is 10.9. The van der Waals surface area contributed by atoms with Gasteiger partial charge in [0.1, 0.15) is 10.4 Å². The number of piperidine rings is 1. The molecule has 3 heterocycles. The Morgan fingerprint density at radius 1 is 1.35 bits per heavy atom. The van der Waals surface area contributed by atoms with Crippen LogP contribution in [0.15, 0.2) is 22.8 Å². The van der Waals surface area contributed by atoms with Gasteiger partial charge in [0.05, 0.1) is 5.52 Å². The maximum atomic E-state index is 9.98. The van der Waals surface area contributed by atoms with Gasteiger partial charge in [0, 0.05) is 5.92 Å². The van der Waals surface area contributed by atoms with E-state index in [0.29, 0.717) is 5.92 Å². The van der Waals surface area contributed by atoms with E-state index in [-0.39, 0.29) is 5.88 Å². The van der Waals surface area contributed by atoms with E-state index in [2.05, 4.69) is 26.2 Å². The van der Waals surface area contributed by atoms with Crippen molar-refractivity contribution in [2.45, 2.75) is 18.8 Å². The van der Waals surface area contributed by atoms with Crippen molar-refractivity contribution < 1.29 is 5.11 Å². The Bertz CT molecular complexity index is 546. The van der Waals surface area contributed by atoms with Gasteiger partial charge in [0.25, 0.3) is 0 Å². The molecule has 2 aromatic heterocycles. The minimum atomic E-state index is 0.259. The van der Waals surface area contributed by atoms with Gasteiger partial charge >= 0.3 is 0 Å². The second kappa shape index (κ2) is 4.31. The smallest absolute Gasteiger partial charge is 0.197 e. The summed E-state index contributed by atoms with van der Waals surface area (Å²) in [5.41, 5.74) is 0.929. The first-order valence-electron chi connectivity index (χ1n) is 5.84. The van der Waals surface area contributed by atoms with Crippen molar-refractivity contribution in [3.05, 3.63) is 28.6 Å². The van der Waals surface area contributed by atoms with Crippen molar-refractivity contribution >= 4 is 21.4 Å². The van der Waals surface area contributed by atoms with Crippen LogP contribution in [0.25, 0.3) is 5.52 Å². The Balaban J connectivity index is 2.15. The topological polar surface area (TPSA) is 49.6 Å². The number of pyridine rings is 1. The lowest BCUT2D eigenvalue weighted by molar-refractivity contribution is 0.416. The molecular weight excluding hydrogens is 282 g/mol. The fourth-order valence-electron chi connectivity index (χ4n) is 2.46. The van der Waals surface area contributed by atoms with Gasteiger partial charge in [-0.2, -0.15) is 0 Å². The quantitative estimate of drug-likeness (QED) is 0.848. The summed E-state index contributed by atoms with van der Waals surface area (Å²) in [4.78, 5) is 4.57. The van der Waals surface area contributed by atoms with Gasteiger partial charge in [-0.3, -0.25) is 4.40 Å². The van der Waals surface area contributed by atoms with Crippen LogP contribution >= 0.6 is 15.9 Å². The molecule has 0 spiro atoms. The van der Waals surface area contributed by atoms with Gasteiger partial charge < -0.3 is 10.4 Å². The van der Waals surface area contributed by atoms with Gasteiger partial charge in [-0.25, -0.2) is 4.98 Å². The third kappa shape index (κ3) is 1.83. The van der Waals surface area contributed by atoms with Crippen LogP contribution in [0.1, 0.15) is 24.6 Å². The van der Waals surface area contributed by atoms with Gasteiger partial charge in [-0.1, -0.05) is 6.07 Å². The van der Waals surface area contributed by atoms with Crippen molar-refractivity contribution in [1.82, 2.24) is 14.7 Å². The molecule has 0 aliphatic carbocycles. The molecule has 1 fully saturated rings. The lowest BCUT2D eigenvalue weighted by atomic mass is 9.97. The van der Waals surface area contributed by atoms with E-state index in [1.165, 1.54) is 0 Å². The molecule has 0 amide bonds. The van der Waals surface area contributed by atoms with E-state index in [1.54, 1.807) is 6.07 Å². The fourth-order valence-corrected chi connectivity index (χ4v) is 2.95. The third-order valence-electron chi connectivity index (χ3n) is 3.33. The molecule has 0 aromatic carbocycles. The predicted octanol–water partition coefficient (Wildman–Crippen LogP) is 2.27. The highest BCUT2D eigenvalue weighted by Gasteiger charge is 2.22. The van der Waals surface area contributed by atoms with Crippen LogP contribution in [0.5, 0.6) is 5.88 Å². The van der Waals surface area contributed by atoms with Crippen molar-refractivity contribution in [3.8, 4) is 5.88 Å². The summed E-state index contributed by atoms with van der Waals surface area (Å²) in [6, 6.07) is 5.50. The van der Waals surface area contributed by atoms with Crippen LogP contribution in [-0.4, -0.2) is 27.6 Å². The number of nitrogens with zero attached hydrogens (tertiary/aromatic N) is 2. The van der Waals surface area contributed by atoms with E-state index < -0.39 is 0 Å². The first kappa shape index (κ1) is 11.0. The second-order valence-electron chi connectivity index (χ2n) is 4.39. The van der Waals surface area contributed by atoms with Crippen molar-refractivity contribution in [2.24, 2.45) is 0 Å². The number of halogens is 1. The number of imidazole rings is 1. The normalized spacial score (nSPS) is 17.7. The minimum Gasteiger partial charge on any atom is -0.494 e. The first-order valence-corrected chi connectivity index (χ1v) is 6.63. The van der Waals surface area contributed by atoms with Gasteiger partial charge in [-0.15, -0.1) is 0 Å². The molecule has 1 saturated heterocycles. The summed E-state index contributed by atoms with van der Waals surface area (Å²) in [5, 5.41) is 13.3. The van der Waals surface area contributed by atoms with Crippen LogP contribution in [0.3, 0.4) is 0 Å². The third-order valence-corrected chi connectivity index (χ3v) is 3.91. The highest BCUT2D eigenvalue weighted by Crippen LogP contribution is 2.31. The number of hydrogen-bond donors (Lipinski definition) is 2. The Morgan fingerprint density at radius 3 is 2.88 bits per heavy atom. The van der Waals surface area contributed by atoms with Crippen LogP contribution in [0, 0.1) is 0 Å². The van der Waals surface area contributed by atoms with Crippen molar-refractivity contribution in [2.75, 3.05) is 13.1 Å². The number of rotatable bonds is 1. The van der Waals surface area contributed by atoms with Crippen LogP contribution < -0.4 is 5.32 Å². The average molecular weight is 296 g/mol. The molecule has 0 bridgehead atoms. The number of nitrogens with one attached hydrogen (secondary N) is 1. The molecule has 0 saturated carbocycles. The molecule has 4 nitrogen and oxygen atoms in total. The maximum absolute atomic E-state index is 9.98. The Labute approximate surface area is 108 Å². The zero-order chi connectivity index (χ0) is 11.8.